The molecule has 6 nitrogen and oxygen atoms in total. The van der Waals surface area contributed by atoms with Crippen LogP contribution in [-0.4, -0.2) is 32.9 Å². The van der Waals surface area contributed by atoms with E-state index in [-0.39, 0.29) is 5.78 Å². The molecular formula is C18H18N2O4. The zero-order valence-electron chi connectivity index (χ0n) is 13.8. The van der Waals surface area contributed by atoms with E-state index >= 15 is 0 Å². The number of rotatable bonds is 5. The summed E-state index contributed by atoms with van der Waals surface area (Å²) in [4.78, 5) is 17.1. The van der Waals surface area contributed by atoms with Crippen LogP contribution in [0, 0.1) is 0 Å². The van der Waals surface area contributed by atoms with Gasteiger partial charge >= 0.3 is 0 Å². The standard InChI is InChI=1S/C18H18N2O4/c1-22-14-8-12(9-15(23-2)17(14)24-3)16(21)18-19-10-11-6-4-5-7-13(11)20-18/h4-9H,10H2,1-3H3,(H,19,20). The number of carbonyl (C=O) groups is 1. The van der Waals surface area contributed by atoms with Crippen molar-refractivity contribution in [3.63, 3.8) is 0 Å². The van der Waals surface area contributed by atoms with E-state index in [9.17, 15) is 4.79 Å². The summed E-state index contributed by atoms with van der Waals surface area (Å²) in [5.41, 5.74) is 2.36. The molecule has 0 unspecified atom stereocenters. The van der Waals surface area contributed by atoms with Crippen LogP contribution in [0.15, 0.2) is 41.4 Å². The Balaban J connectivity index is 1.95. The van der Waals surface area contributed by atoms with Crippen molar-refractivity contribution in [2.45, 2.75) is 6.54 Å². The van der Waals surface area contributed by atoms with Crippen molar-refractivity contribution in [2.75, 3.05) is 26.6 Å². The Bertz CT molecular complexity index is 789. The Morgan fingerprint density at radius 3 is 2.33 bits per heavy atom. The Hall–Kier alpha value is -3.02. The number of ketones is 1. The fourth-order valence-corrected chi connectivity index (χ4v) is 2.59. The number of nitrogens with one attached hydrogen (secondary N) is 1. The summed E-state index contributed by atoms with van der Waals surface area (Å²) in [6.45, 7) is 0.467. The third kappa shape index (κ3) is 2.78. The van der Waals surface area contributed by atoms with Gasteiger partial charge in [0.25, 0.3) is 0 Å². The summed E-state index contributed by atoms with van der Waals surface area (Å²) in [7, 11) is 4.54. The molecule has 1 aliphatic rings. The van der Waals surface area contributed by atoms with Crippen molar-refractivity contribution in [3.05, 3.63) is 47.5 Å². The summed E-state index contributed by atoms with van der Waals surface area (Å²) in [6.07, 6.45) is 0. The monoisotopic (exact) mass is 326 g/mol. The predicted molar refractivity (Wildman–Crippen MR) is 91.6 cm³/mol. The maximum atomic E-state index is 12.8. The van der Waals surface area contributed by atoms with Crippen LogP contribution in [-0.2, 0) is 6.54 Å². The second kappa shape index (κ2) is 6.62. The average molecular weight is 326 g/mol. The molecule has 1 aliphatic heterocycles. The lowest BCUT2D eigenvalue weighted by Gasteiger charge is -2.18. The second-order valence-electron chi connectivity index (χ2n) is 5.19. The molecule has 0 amide bonds. The number of nitrogens with zero attached hydrogens (tertiary/aromatic N) is 1. The number of hydrogen-bond donors (Lipinski definition) is 1. The molecule has 1 heterocycles. The van der Waals surface area contributed by atoms with E-state index < -0.39 is 0 Å². The maximum Gasteiger partial charge on any atom is 0.228 e. The minimum atomic E-state index is -0.233. The van der Waals surface area contributed by atoms with Crippen LogP contribution in [0.2, 0.25) is 0 Å². The quantitative estimate of drug-likeness (QED) is 0.856. The smallest absolute Gasteiger partial charge is 0.228 e. The number of methoxy groups -OCH3 is 3. The van der Waals surface area contributed by atoms with Crippen LogP contribution < -0.4 is 19.5 Å². The topological polar surface area (TPSA) is 69.2 Å². The van der Waals surface area contributed by atoms with E-state index in [0.29, 0.717) is 35.2 Å². The van der Waals surface area contributed by atoms with E-state index in [1.165, 1.54) is 21.3 Å². The zero-order valence-corrected chi connectivity index (χ0v) is 13.8. The molecule has 0 aromatic heterocycles. The molecule has 3 rings (SSSR count). The molecule has 2 aromatic rings. The first-order valence-electron chi connectivity index (χ1n) is 7.42. The summed E-state index contributed by atoms with van der Waals surface area (Å²) in [6, 6.07) is 11.0. The van der Waals surface area contributed by atoms with Gasteiger partial charge in [-0.2, -0.15) is 0 Å². The molecule has 0 radical (unpaired) electrons. The largest absolute Gasteiger partial charge is 0.493 e. The SMILES string of the molecule is COc1cc(C(=O)C2=NCc3ccccc3N2)cc(OC)c1OC. The van der Waals surface area contributed by atoms with Crippen LogP contribution >= 0.6 is 0 Å². The molecular weight excluding hydrogens is 308 g/mol. The first-order valence-corrected chi connectivity index (χ1v) is 7.42. The number of anilines is 1. The molecule has 24 heavy (non-hydrogen) atoms. The highest BCUT2D eigenvalue weighted by molar-refractivity contribution is 6.49. The van der Waals surface area contributed by atoms with Gasteiger partial charge < -0.3 is 19.5 Å². The molecule has 1 N–H and O–H groups in total. The molecule has 2 aromatic carbocycles. The lowest BCUT2D eigenvalue weighted by molar-refractivity contribution is 0.106. The van der Waals surface area contributed by atoms with E-state index in [4.69, 9.17) is 14.2 Å². The average Bonchev–Trinajstić information content (AvgIpc) is 2.65. The van der Waals surface area contributed by atoms with E-state index in [0.717, 1.165) is 11.3 Å². The highest BCUT2D eigenvalue weighted by atomic mass is 16.5. The van der Waals surface area contributed by atoms with Crippen molar-refractivity contribution < 1.29 is 19.0 Å². The van der Waals surface area contributed by atoms with Crippen molar-refractivity contribution in [1.29, 1.82) is 0 Å². The number of Topliss-reactive ketones (excluding diaryl/α,β-unsaturated/α-hetero) is 1. The Labute approximate surface area is 140 Å². The van der Waals surface area contributed by atoms with E-state index in [2.05, 4.69) is 10.3 Å². The number of benzene rings is 2. The van der Waals surface area contributed by atoms with Gasteiger partial charge in [0.15, 0.2) is 17.3 Å². The van der Waals surface area contributed by atoms with Gasteiger partial charge in [0.05, 0.1) is 27.9 Å². The summed E-state index contributed by atoms with van der Waals surface area (Å²) >= 11 is 0. The van der Waals surface area contributed by atoms with Crippen LogP contribution in [0.4, 0.5) is 5.69 Å². The van der Waals surface area contributed by atoms with Gasteiger partial charge in [-0.15, -0.1) is 0 Å². The molecule has 124 valence electrons. The fraction of sp³-hybridized carbons (Fsp3) is 0.222. The summed E-state index contributed by atoms with van der Waals surface area (Å²) in [5, 5.41) is 3.09. The first kappa shape index (κ1) is 15.9. The zero-order chi connectivity index (χ0) is 17.1. The predicted octanol–water partition coefficient (Wildman–Crippen LogP) is 2.92. The lowest BCUT2D eigenvalue weighted by atomic mass is 10.1. The number of ether oxygens (including phenoxy) is 3. The molecule has 0 aliphatic carbocycles. The molecule has 0 saturated heterocycles. The summed E-state index contributed by atoms with van der Waals surface area (Å²) < 4.78 is 15.9. The van der Waals surface area contributed by atoms with E-state index in [1.54, 1.807) is 12.1 Å². The number of carbonyl (C=O) groups excluding carboxylic acids is 1. The highest BCUT2D eigenvalue weighted by Crippen LogP contribution is 2.38. The van der Waals surface area contributed by atoms with Gasteiger partial charge in [-0.25, -0.2) is 0 Å². The van der Waals surface area contributed by atoms with Gasteiger partial charge in [-0.1, -0.05) is 18.2 Å². The number of amidine groups is 1. The minimum Gasteiger partial charge on any atom is -0.493 e. The first-order chi connectivity index (χ1) is 11.7. The normalized spacial score (nSPS) is 12.5. The Morgan fingerprint density at radius 1 is 1.04 bits per heavy atom. The van der Waals surface area contributed by atoms with Crippen molar-refractivity contribution in [3.8, 4) is 17.2 Å². The Morgan fingerprint density at radius 2 is 1.71 bits per heavy atom. The molecule has 0 bridgehead atoms. The van der Waals surface area contributed by atoms with Crippen LogP contribution in [0.3, 0.4) is 0 Å². The molecule has 0 fully saturated rings. The van der Waals surface area contributed by atoms with Crippen molar-refractivity contribution >= 4 is 17.3 Å². The van der Waals surface area contributed by atoms with Gasteiger partial charge in [0.1, 0.15) is 0 Å². The number of aliphatic imine (C=N–C) groups is 1. The summed E-state index contributed by atoms with van der Waals surface area (Å²) in [5.74, 6) is 1.36. The number of fused-ring (bicyclic) bond motifs is 1. The molecule has 0 spiro atoms. The fourth-order valence-electron chi connectivity index (χ4n) is 2.59. The maximum absolute atomic E-state index is 12.8. The van der Waals surface area contributed by atoms with Gasteiger partial charge in [0.2, 0.25) is 11.5 Å². The third-order valence-electron chi connectivity index (χ3n) is 3.82. The van der Waals surface area contributed by atoms with Gasteiger partial charge in [-0.3, -0.25) is 9.79 Å². The van der Waals surface area contributed by atoms with Crippen molar-refractivity contribution in [1.82, 2.24) is 0 Å². The second-order valence-corrected chi connectivity index (χ2v) is 5.19. The lowest BCUT2D eigenvalue weighted by Crippen LogP contribution is -2.26. The molecule has 6 heteroatoms. The molecule has 0 saturated carbocycles. The Kier molecular flexibility index (Phi) is 4.37. The van der Waals surface area contributed by atoms with Crippen molar-refractivity contribution in [2.24, 2.45) is 4.99 Å². The van der Waals surface area contributed by atoms with Crippen LogP contribution in [0.25, 0.3) is 0 Å². The van der Waals surface area contributed by atoms with Gasteiger partial charge in [0, 0.05) is 11.3 Å². The minimum absolute atomic E-state index is 0.233. The third-order valence-corrected chi connectivity index (χ3v) is 3.82. The highest BCUT2D eigenvalue weighted by Gasteiger charge is 2.22. The van der Waals surface area contributed by atoms with Crippen LogP contribution in [0.5, 0.6) is 17.2 Å². The van der Waals surface area contributed by atoms with E-state index in [1.807, 2.05) is 24.3 Å². The number of para-hydroxylation sites is 1. The number of hydrogen-bond acceptors (Lipinski definition) is 6. The van der Waals surface area contributed by atoms with Crippen LogP contribution in [0.1, 0.15) is 15.9 Å². The van der Waals surface area contributed by atoms with Gasteiger partial charge in [-0.05, 0) is 23.8 Å². The molecule has 0 atom stereocenters.